The molecule has 1 unspecified atom stereocenters. The number of nitrogens with one attached hydrogen (secondary N) is 1. The van der Waals surface area contributed by atoms with Crippen LogP contribution < -0.4 is 5.32 Å². The van der Waals surface area contributed by atoms with Crippen LogP contribution in [-0.2, 0) is 14.4 Å². The van der Waals surface area contributed by atoms with Crippen LogP contribution in [0.5, 0.6) is 5.75 Å². The highest BCUT2D eigenvalue weighted by molar-refractivity contribution is 8.01. The minimum Gasteiger partial charge on any atom is -0.508 e. The Balaban J connectivity index is 1.29. The molecule has 13 nitrogen and oxygen atoms in total. The van der Waals surface area contributed by atoms with Crippen LogP contribution in [0.4, 0.5) is 0 Å². The Morgan fingerprint density at radius 3 is 2.83 bits per heavy atom. The summed E-state index contributed by atoms with van der Waals surface area (Å²) < 4.78 is 1.26. The van der Waals surface area contributed by atoms with Crippen LogP contribution in [0.25, 0.3) is 5.65 Å². The number of aromatic hydroxyl groups is 1. The van der Waals surface area contributed by atoms with E-state index >= 15 is 0 Å². The predicted octanol–water partition coefficient (Wildman–Crippen LogP) is -0.211. The second kappa shape index (κ2) is 9.16. The average Bonchev–Trinajstić information content (AvgIpc) is 3.33. The fourth-order valence-electron chi connectivity index (χ4n) is 3.76. The smallest absolute Gasteiger partial charge is 0.352 e. The van der Waals surface area contributed by atoms with E-state index in [9.17, 15) is 29.7 Å². The number of hydrogen-bond donors (Lipinski definition) is 4. The number of carboxylic acid groups (broad SMARTS) is 1. The molecule has 0 aliphatic carbocycles. The lowest BCUT2D eigenvalue weighted by atomic mass is 10.0. The Labute approximate surface area is 205 Å². The van der Waals surface area contributed by atoms with E-state index in [1.54, 1.807) is 24.3 Å². The number of nitrogens with zero attached hydrogens (tertiary/aromatic N) is 6. The molecule has 2 aromatic heterocycles. The van der Waals surface area contributed by atoms with Gasteiger partial charge in [0, 0.05) is 17.1 Å². The summed E-state index contributed by atoms with van der Waals surface area (Å²) in [6.07, 6.45) is -1.68. The number of phenols is 1. The van der Waals surface area contributed by atoms with Crippen molar-refractivity contribution in [1.82, 2.24) is 35.5 Å². The number of aliphatic carboxylic acids is 1. The summed E-state index contributed by atoms with van der Waals surface area (Å²) in [4.78, 5) is 38.6. The van der Waals surface area contributed by atoms with Crippen molar-refractivity contribution < 1.29 is 29.7 Å². The minimum absolute atomic E-state index is 0.00355. The first kappa shape index (κ1) is 23.1. The third kappa shape index (κ3) is 4.17. The lowest BCUT2D eigenvalue weighted by Crippen LogP contribution is -2.70. The first-order valence-corrected chi connectivity index (χ1v) is 12.2. The van der Waals surface area contributed by atoms with E-state index in [0.29, 0.717) is 22.0 Å². The summed E-state index contributed by atoms with van der Waals surface area (Å²) in [7, 11) is 0. The van der Waals surface area contributed by atoms with Crippen molar-refractivity contribution in [3.8, 4) is 5.75 Å². The maximum Gasteiger partial charge on any atom is 0.352 e. The van der Waals surface area contributed by atoms with Gasteiger partial charge in [-0.15, -0.1) is 38.4 Å². The Morgan fingerprint density at radius 2 is 2.06 bits per heavy atom. The highest BCUT2D eigenvalue weighted by Crippen LogP contribution is 2.41. The summed E-state index contributed by atoms with van der Waals surface area (Å²) in [6, 6.07) is 8.23. The standard InChI is InChI=1S/C20H17N7O6S2/c28-11-4-2-1-3-10(11)16(29)17(30)21-14-18(31)26-15(20(32)33)9(8-35-19(14)26)7-34-13-6-5-12-22-24-25-27(12)23-13/h1-6,14,16,19,28-29H,7-8H2,(H,21,30)(H,32,33)/t14?,16-,19-/m1/s1. The largest absolute Gasteiger partial charge is 0.508 e. The van der Waals surface area contributed by atoms with Gasteiger partial charge in [0.05, 0.1) is 0 Å². The Bertz CT molecular complexity index is 1380. The van der Waals surface area contributed by atoms with Gasteiger partial charge >= 0.3 is 5.97 Å². The number of β-lactam (4-membered cyclic amide) rings is 1. The Hall–Kier alpha value is -3.69. The van der Waals surface area contributed by atoms with Crippen molar-refractivity contribution in [2.45, 2.75) is 22.5 Å². The van der Waals surface area contributed by atoms with Crippen LogP contribution in [0.2, 0.25) is 0 Å². The summed E-state index contributed by atoms with van der Waals surface area (Å²) >= 11 is 2.60. The van der Waals surface area contributed by atoms with Gasteiger partial charge in [-0.05, 0) is 34.2 Å². The molecular weight excluding hydrogens is 498 g/mol. The fraction of sp³-hybridized carbons (Fsp3) is 0.250. The molecule has 2 aliphatic rings. The van der Waals surface area contributed by atoms with Crippen LogP contribution in [0.1, 0.15) is 11.7 Å². The molecular formula is C20H17N7O6S2. The van der Waals surface area contributed by atoms with Crippen LogP contribution in [-0.4, -0.2) is 86.2 Å². The monoisotopic (exact) mass is 515 g/mol. The average molecular weight is 516 g/mol. The van der Waals surface area contributed by atoms with Crippen LogP contribution >= 0.6 is 23.5 Å². The molecule has 4 heterocycles. The van der Waals surface area contributed by atoms with Crippen molar-refractivity contribution >= 4 is 47.0 Å². The number of para-hydroxylation sites is 1. The summed E-state index contributed by atoms with van der Waals surface area (Å²) in [5.41, 5.74) is 0.891. The highest BCUT2D eigenvalue weighted by Gasteiger charge is 2.54. The molecule has 0 saturated carbocycles. The SMILES string of the molecule is O=C(O)C1=C(CSc2ccc3nnnn3n2)CS[C@@H]2C(NC(=O)[C@H](O)c3ccccc3O)C(=O)N12. The van der Waals surface area contributed by atoms with Crippen LogP contribution in [0.3, 0.4) is 0 Å². The third-order valence-corrected chi connectivity index (χ3v) is 7.81. The molecule has 0 spiro atoms. The van der Waals surface area contributed by atoms with E-state index < -0.39 is 35.3 Å². The van der Waals surface area contributed by atoms with E-state index in [1.165, 1.54) is 40.3 Å². The summed E-state index contributed by atoms with van der Waals surface area (Å²) in [5, 5.41) is 47.7. The van der Waals surface area contributed by atoms with Gasteiger partial charge < -0.3 is 20.6 Å². The number of benzene rings is 1. The van der Waals surface area contributed by atoms with Gasteiger partial charge in [0.15, 0.2) is 11.8 Å². The highest BCUT2D eigenvalue weighted by atomic mass is 32.2. The van der Waals surface area contributed by atoms with E-state index in [2.05, 4.69) is 25.9 Å². The van der Waals surface area contributed by atoms with E-state index in [0.717, 1.165) is 4.90 Å². The summed E-state index contributed by atoms with van der Waals surface area (Å²) in [6.45, 7) is 0. The fourth-order valence-corrected chi connectivity index (χ4v) is 6.09. The number of aromatic nitrogens is 5. The number of rotatable bonds is 7. The number of fused-ring (bicyclic) bond motifs is 2. The zero-order chi connectivity index (χ0) is 24.7. The lowest BCUT2D eigenvalue weighted by molar-refractivity contribution is -0.151. The molecule has 1 aromatic carbocycles. The zero-order valence-electron chi connectivity index (χ0n) is 17.7. The van der Waals surface area contributed by atoms with Gasteiger partial charge in [-0.2, -0.15) is 0 Å². The van der Waals surface area contributed by atoms with Crippen molar-refractivity contribution in [3.63, 3.8) is 0 Å². The molecule has 2 aliphatic heterocycles. The first-order valence-electron chi connectivity index (χ1n) is 10.2. The number of tetrazole rings is 1. The molecule has 15 heteroatoms. The van der Waals surface area contributed by atoms with Crippen LogP contribution in [0, 0.1) is 0 Å². The molecule has 35 heavy (non-hydrogen) atoms. The van der Waals surface area contributed by atoms with Gasteiger partial charge in [-0.3, -0.25) is 14.5 Å². The van der Waals surface area contributed by atoms with Gasteiger partial charge in [-0.1, -0.05) is 18.2 Å². The molecule has 1 saturated heterocycles. The van der Waals surface area contributed by atoms with Crippen molar-refractivity contribution in [2.75, 3.05) is 11.5 Å². The predicted molar refractivity (Wildman–Crippen MR) is 122 cm³/mol. The molecule has 5 rings (SSSR count). The quantitative estimate of drug-likeness (QED) is 0.240. The van der Waals surface area contributed by atoms with E-state index in [4.69, 9.17) is 0 Å². The number of amides is 2. The molecule has 0 bridgehead atoms. The van der Waals surface area contributed by atoms with Crippen molar-refractivity contribution in [2.24, 2.45) is 0 Å². The number of carbonyl (C=O) groups excluding carboxylic acids is 2. The maximum atomic E-state index is 12.8. The van der Waals surface area contributed by atoms with Crippen molar-refractivity contribution in [3.05, 3.63) is 53.2 Å². The number of phenolic OH excluding ortho intramolecular Hbond substituents is 1. The molecule has 4 N–H and O–H groups in total. The molecule has 180 valence electrons. The first-order chi connectivity index (χ1) is 16.8. The number of thioether (sulfide) groups is 2. The Morgan fingerprint density at radius 1 is 1.26 bits per heavy atom. The van der Waals surface area contributed by atoms with Crippen LogP contribution in [0.15, 0.2) is 52.7 Å². The number of aliphatic hydroxyl groups is 1. The van der Waals surface area contributed by atoms with E-state index in [-0.39, 0.29) is 22.8 Å². The number of aliphatic hydroxyl groups excluding tert-OH is 1. The number of carbonyl (C=O) groups is 3. The van der Waals surface area contributed by atoms with Gasteiger partial charge in [0.2, 0.25) is 0 Å². The van der Waals surface area contributed by atoms with Crippen molar-refractivity contribution in [1.29, 1.82) is 0 Å². The van der Waals surface area contributed by atoms with Gasteiger partial charge in [0.25, 0.3) is 11.8 Å². The van der Waals surface area contributed by atoms with Gasteiger partial charge in [0.1, 0.15) is 27.9 Å². The number of hydrogen-bond acceptors (Lipinski definition) is 11. The second-order valence-electron chi connectivity index (χ2n) is 7.60. The van der Waals surface area contributed by atoms with Gasteiger partial charge in [-0.25, -0.2) is 4.79 Å². The van der Waals surface area contributed by atoms with E-state index in [1.807, 2.05) is 0 Å². The molecule has 3 atom stereocenters. The third-order valence-electron chi connectivity index (χ3n) is 5.47. The molecule has 3 aromatic rings. The maximum absolute atomic E-state index is 12.8. The zero-order valence-corrected chi connectivity index (χ0v) is 19.3. The molecule has 1 fully saturated rings. The summed E-state index contributed by atoms with van der Waals surface area (Å²) in [5.74, 6) is -2.36. The minimum atomic E-state index is -1.68. The molecule has 2 amide bonds. The topological polar surface area (TPSA) is 183 Å². The normalized spacial score (nSPS) is 20.4. The number of carboxylic acids is 1. The second-order valence-corrected chi connectivity index (χ2v) is 9.70. The lowest BCUT2D eigenvalue weighted by Gasteiger charge is -2.49. The Kier molecular flexibility index (Phi) is 6.04. The molecule has 0 radical (unpaired) electrons.